The molecule has 0 saturated carbocycles. The molecule has 0 spiro atoms. The molecule has 6 rings (SSSR count). The average Bonchev–Trinajstić information content (AvgIpc) is 3.60. The van der Waals surface area contributed by atoms with E-state index in [-0.39, 0.29) is 39.2 Å². The third-order valence-electron chi connectivity index (χ3n) is 6.70. The first-order chi connectivity index (χ1) is 23.2. The number of carbonyl (C=O) groups is 2. The third kappa shape index (κ3) is 9.66. The van der Waals surface area contributed by atoms with Crippen LogP contribution in [0.3, 0.4) is 0 Å². The van der Waals surface area contributed by atoms with Gasteiger partial charge < -0.3 is 20.4 Å². The summed E-state index contributed by atoms with van der Waals surface area (Å²) >= 11 is 11.6. The fraction of sp³-hybridized carbons (Fsp3) is 0.111. The van der Waals surface area contributed by atoms with Crippen molar-refractivity contribution in [2.45, 2.75) is 13.8 Å². The van der Waals surface area contributed by atoms with Crippen molar-refractivity contribution in [2.24, 2.45) is 10.2 Å². The van der Waals surface area contributed by atoms with Crippen LogP contribution in [0.5, 0.6) is 0 Å². The smallest absolute Gasteiger partial charge is 0.871 e. The summed E-state index contributed by atoms with van der Waals surface area (Å²) in [6.45, 7) is 3.31. The first-order valence-corrected chi connectivity index (χ1v) is 15.1. The fourth-order valence-corrected chi connectivity index (χ4v) is 4.77. The molecule has 2 N–H and O–H groups in total. The molecule has 0 saturated heterocycles. The zero-order valence-corrected chi connectivity index (χ0v) is 29.3. The van der Waals surface area contributed by atoms with E-state index in [1.54, 1.807) is 86.6 Å². The van der Waals surface area contributed by atoms with Gasteiger partial charge in [-0.05, 0) is 73.5 Å². The van der Waals surface area contributed by atoms with Crippen molar-refractivity contribution in [3.05, 3.63) is 142 Å². The molecule has 0 bridgehead atoms. The second-order valence-electron chi connectivity index (χ2n) is 9.70. The first-order valence-electron chi connectivity index (χ1n) is 14.3. The molecule has 13 heteroatoms. The first kappa shape index (κ1) is 40.4. The number of hydrogen-bond donors (Lipinski definition) is 2. The molecule has 4 aromatic rings. The van der Waals surface area contributed by atoms with Crippen LogP contribution in [-0.2, 0) is 26.1 Å². The van der Waals surface area contributed by atoms with E-state index < -0.39 is 11.8 Å². The van der Waals surface area contributed by atoms with Crippen molar-refractivity contribution in [1.29, 1.82) is 0 Å². The molecule has 0 atom stereocenters. The molecule has 4 aromatic carbocycles. The number of anilines is 2. The van der Waals surface area contributed by atoms with Crippen LogP contribution in [0, 0.1) is 0 Å². The number of benzene rings is 4. The Kier molecular flexibility index (Phi) is 15.9. The van der Waals surface area contributed by atoms with E-state index in [1.807, 2.05) is 36.4 Å². The molecule has 49 heavy (non-hydrogen) atoms. The Bertz CT molecular complexity index is 1710. The summed E-state index contributed by atoms with van der Waals surface area (Å²) in [7, 11) is 2.00. The predicted molar refractivity (Wildman–Crippen MR) is 187 cm³/mol. The summed E-state index contributed by atoms with van der Waals surface area (Å²) in [4.78, 5) is 25.1. The van der Waals surface area contributed by atoms with Crippen LogP contribution in [0.1, 0.15) is 25.0 Å². The van der Waals surface area contributed by atoms with Crippen molar-refractivity contribution in [3.8, 4) is 0 Å². The molecule has 256 valence electrons. The van der Waals surface area contributed by atoms with Crippen molar-refractivity contribution >= 4 is 69.3 Å². The molecular weight excluding hydrogens is 714 g/mol. The number of hydrazone groups is 2. The zero-order chi connectivity index (χ0) is 35.4. The monoisotopic (exact) mass is 744 g/mol. The number of para-hydroxylation sites is 2. The summed E-state index contributed by atoms with van der Waals surface area (Å²) in [5, 5.41) is 51.1. The largest absolute Gasteiger partial charge is 2.00 e. The number of rotatable bonds is 4. The van der Waals surface area contributed by atoms with Gasteiger partial charge >= 0.3 is 16.5 Å². The van der Waals surface area contributed by atoms with Gasteiger partial charge in [0, 0.05) is 24.3 Å². The summed E-state index contributed by atoms with van der Waals surface area (Å²) in [6, 6.07) is 30.9. The van der Waals surface area contributed by atoms with Crippen LogP contribution in [0.25, 0.3) is 11.5 Å². The minimum atomic E-state index is -0.413. The number of halogens is 2. The van der Waals surface area contributed by atoms with Crippen LogP contribution in [-0.4, -0.2) is 47.7 Å². The summed E-state index contributed by atoms with van der Waals surface area (Å²) in [6.07, 6.45) is 0. The van der Waals surface area contributed by atoms with Crippen LogP contribution < -0.4 is 20.2 Å². The molecule has 0 unspecified atom stereocenters. The van der Waals surface area contributed by atoms with Gasteiger partial charge in [0.15, 0.2) is 0 Å². The second-order valence-corrected chi connectivity index (χ2v) is 10.6. The minimum absolute atomic E-state index is 0. The number of aliphatic hydroxyl groups is 2. The Balaban J connectivity index is 0.000000303. The maximum absolute atomic E-state index is 12.5. The Hall–Kier alpha value is -4.77. The van der Waals surface area contributed by atoms with E-state index in [2.05, 4.69) is 10.2 Å². The summed E-state index contributed by atoms with van der Waals surface area (Å²) in [5.74, 6) is -1.52. The van der Waals surface area contributed by atoms with Crippen molar-refractivity contribution in [3.63, 3.8) is 0 Å². The van der Waals surface area contributed by atoms with Crippen molar-refractivity contribution in [1.82, 2.24) is 0 Å². The van der Waals surface area contributed by atoms with E-state index in [9.17, 15) is 19.8 Å². The van der Waals surface area contributed by atoms with E-state index in [0.717, 1.165) is 14.2 Å². The predicted octanol–water partition coefficient (Wildman–Crippen LogP) is 4.88. The van der Waals surface area contributed by atoms with E-state index >= 15 is 0 Å². The van der Waals surface area contributed by atoms with Gasteiger partial charge in [0.25, 0.3) is 11.8 Å². The van der Waals surface area contributed by atoms with Crippen LogP contribution in [0.2, 0.25) is 10.0 Å². The Morgan fingerprint density at radius 3 is 1.12 bits per heavy atom. The average molecular weight is 746 g/mol. The number of carbonyl (C=O) groups excluding carboxylic acids is 2. The molecule has 2 amide bonds. The van der Waals surface area contributed by atoms with Gasteiger partial charge in [-0.3, -0.25) is 9.59 Å². The molecule has 0 aromatic heterocycles. The van der Waals surface area contributed by atoms with Gasteiger partial charge in [-0.15, -0.1) is 0 Å². The number of aliphatic hydroxyl groups excluding tert-OH is 2. The van der Waals surface area contributed by atoms with E-state index in [4.69, 9.17) is 33.4 Å². The van der Waals surface area contributed by atoms with Crippen LogP contribution >= 0.6 is 23.2 Å². The van der Waals surface area contributed by atoms with Gasteiger partial charge in [-0.25, -0.2) is 0 Å². The maximum Gasteiger partial charge on any atom is 2.00 e. The van der Waals surface area contributed by atoms with Gasteiger partial charge in [0.05, 0.1) is 33.9 Å². The molecule has 0 radical (unpaired) electrons. The third-order valence-corrected chi connectivity index (χ3v) is 7.21. The number of amides is 2. The van der Waals surface area contributed by atoms with Gasteiger partial charge in [-0.1, -0.05) is 95.4 Å². The van der Waals surface area contributed by atoms with E-state index in [1.165, 1.54) is 10.0 Å². The Labute approximate surface area is 304 Å². The van der Waals surface area contributed by atoms with Crippen LogP contribution in [0.15, 0.2) is 131 Å². The Morgan fingerprint density at radius 1 is 0.551 bits per heavy atom. The molecule has 0 fully saturated rings. The molecule has 0 aliphatic carbocycles. The molecule has 2 heterocycles. The molecule has 2 aliphatic heterocycles. The fourth-order valence-electron chi connectivity index (χ4n) is 4.51. The van der Waals surface area contributed by atoms with Gasteiger partial charge in [0.2, 0.25) is 0 Å². The standard InChI is InChI=1S/2C17H13ClN2O2.2CH4O.Ni/c2*1-11-15(16(21)12-7-9-13(18)10-8-12)17(22)20(19-11)14-5-3-2-4-6-14;2*1-2;/h2*2-10,21H,1H3;2*2H,1H3;/q;;;;+2/p-2/b2*16-15-;;;. The Morgan fingerprint density at radius 2 is 0.837 bits per heavy atom. The zero-order valence-electron chi connectivity index (χ0n) is 26.8. The van der Waals surface area contributed by atoms with Gasteiger partial charge in [-0.2, -0.15) is 20.2 Å². The topological polar surface area (TPSA) is 152 Å². The van der Waals surface area contributed by atoms with Crippen molar-refractivity contribution < 1.29 is 46.5 Å². The maximum atomic E-state index is 12.5. The normalized spacial score (nSPS) is 15.3. The molecular formula is C36H32Cl2N4NiO6. The minimum Gasteiger partial charge on any atom is -0.871 e. The summed E-state index contributed by atoms with van der Waals surface area (Å²) < 4.78 is 0. The SMILES string of the molecule is CC1=NN(c2ccccc2)C(=O)/C1=C(\[O-])c1ccc(Cl)cc1.CC1=NN(c2ccccc2)C(=O)/C1=C(\[O-])c1ccc(Cl)cc1.CO.CO.[Ni+2]. The number of hydrogen-bond acceptors (Lipinski definition) is 8. The van der Waals surface area contributed by atoms with E-state index in [0.29, 0.717) is 44.0 Å². The molecule has 10 nitrogen and oxygen atoms in total. The van der Waals surface area contributed by atoms with Crippen molar-refractivity contribution in [2.75, 3.05) is 24.2 Å². The molecule has 2 aliphatic rings. The quantitative estimate of drug-likeness (QED) is 0.173. The second kappa shape index (κ2) is 19.3. The van der Waals surface area contributed by atoms with Gasteiger partial charge in [0.1, 0.15) is 0 Å². The van der Waals surface area contributed by atoms with Crippen LogP contribution in [0.4, 0.5) is 11.4 Å². The summed E-state index contributed by atoms with van der Waals surface area (Å²) in [5.41, 5.74) is 3.09. The number of nitrogens with zero attached hydrogens (tertiary/aromatic N) is 4.